The Hall–Kier alpha value is -3.82. The lowest BCUT2D eigenvalue weighted by atomic mass is 9.76. The normalized spacial score (nSPS) is 23.5. The molecule has 10 heteroatoms. The van der Waals surface area contributed by atoms with Crippen LogP contribution in [0.4, 0.5) is 17.1 Å². The van der Waals surface area contributed by atoms with E-state index in [0.717, 1.165) is 21.9 Å². The Morgan fingerprint density at radius 1 is 0.949 bits per heavy atom. The van der Waals surface area contributed by atoms with E-state index >= 15 is 0 Å². The van der Waals surface area contributed by atoms with E-state index < -0.39 is 10.3 Å². The number of ether oxygens (including phenoxy) is 1. The van der Waals surface area contributed by atoms with Crippen molar-refractivity contribution in [2.24, 2.45) is 5.92 Å². The third-order valence-corrected chi connectivity index (χ3v) is 9.91. The van der Waals surface area contributed by atoms with Gasteiger partial charge in [-0.3, -0.25) is 20.2 Å². The first-order valence-electron chi connectivity index (χ1n) is 12.5. The minimum absolute atomic E-state index is 0.0159. The summed E-state index contributed by atoms with van der Waals surface area (Å²) in [5, 5.41) is 28.8. The lowest BCUT2D eigenvalue weighted by molar-refractivity contribution is -0.387. The van der Waals surface area contributed by atoms with Crippen LogP contribution in [-0.2, 0) is 0 Å². The number of para-hydroxylation sites is 1. The number of thioether (sulfide) groups is 1. The molecule has 2 aliphatic rings. The highest BCUT2D eigenvalue weighted by molar-refractivity contribution is 8.00. The van der Waals surface area contributed by atoms with Crippen molar-refractivity contribution in [1.29, 1.82) is 0 Å². The third kappa shape index (κ3) is 4.35. The summed E-state index contributed by atoms with van der Waals surface area (Å²) in [5.74, 6) is 0.139. The summed E-state index contributed by atoms with van der Waals surface area (Å²) >= 11 is 8.64. The van der Waals surface area contributed by atoms with Crippen molar-refractivity contribution < 1.29 is 14.6 Å². The number of methoxy groups -OCH3 is 1. The van der Waals surface area contributed by atoms with Crippen molar-refractivity contribution >= 4 is 51.2 Å². The molecule has 1 aliphatic heterocycles. The molecule has 1 fully saturated rings. The van der Waals surface area contributed by atoms with Gasteiger partial charge < -0.3 is 10.1 Å². The summed E-state index contributed by atoms with van der Waals surface area (Å²) < 4.78 is 5.63. The van der Waals surface area contributed by atoms with Crippen molar-refractivity contribution in [3.05, 3.63) is 110 Å². The molecule has 1 heterocycles. The quantitative estimate of drug-likeness (QED) is 0.146. The van der Waals surface area contributed by atoms with E-state index in [4.69, 9.17) is 16.3 Å². The molecular formula is C29H24ClN3O5S. The van der Waals surface area contributed by atoms with Crippen LogP contribution in [0.2, 0.25) is 0 Å². The zero-order chi connectivity index (χ0) is 27.3. The van der Waals surface area contributed by atoms with Crippen molar-refractivity contribution in [2.45, 2.75) is 33.9 Å². The van der Waals surface area contributed by atoms with Crippen LogP contribution in [0.15, 0.2) is 83.8 Å². The second-order valence-electron chi connectivity index (χ2n) is 9.81. The van der Waals surface area contributed by atoms with Gasteiger partial charge in [-0.2, -0.15) is 0 Å². The van der Waals surface area contributed by atoms with E-state index in [1.54, 1.807) is 24.3 Å². The molecule has 6 rings (SSSR count). The highest BCUT2D eigenvalue weighted by Gasteiger charge is 2.51. The topological polar surface area (TPSA) is 108 Å². The van der Waals surface area contributed by atoms with Gasteiger partial charge in [0.1, 0.15) is 5.75 Å². The highest BCUT2D eigenvalue weighted by Crippen LogP contribution is 2.60. The monoisotopic (exact) mass is 561 g/mol. The molecule has 1 saturated carbocycles. The van der Waals surface area contributed by atoms with Gasteiger partial charge in [0, 0.05) is 23.3 Å². The van der Waals surface area contributed by atoms with E-state index in [2.05, 4.69) is 29.6 Å². The van der Waals surface area contributed by atoms with Gasteiger partial charge in [-0.25, -0.2) is 0 Å². The van der Waals surface area contributed by atoms with Crippen LogP contribution in [-0.4, -0.2) is 27.6 Å². The number of hydrogen-bond acceptors (Lipinski definition) is 7. The van der Waals surface area contributed by atoms with Crippen LogP contribution in [0.5, 0.6) is 5.75 Å². The van der Waals surface area contributed by atoms with Crippen LogP contribution in [0.1, 0.15) is 29.5 Å². The maximum atomic E-state index is 11.8. The Morgan fingerprint density at radius 3 is 2.46 bits per heavy atom. The van der Waals surface area contributed by atoms with Gasteiger partial charge >= 0.3 is 0 Å². The molecule has 0 bridgehead atoms. The van der Waals surface area contributed by atoms with E-state index in [9.17, 15) is 20.2 Å². The fourth-order valence-electron chi connectivity index (χ4n) is 6.14. The first kappa shape index (κ1) is 25.5. The van der Waals surface area contributed by atoms with Crippen LogP contribution < -0.4 is 10.1 Å². The number of nitro groups is 2. The largest absolute Gasteiger partial charge is 0.494 e. The van der Waals surface area contributed by atoms with Gasteiger partial charge in [0.2, 0.25) is 0 Å². The Balaban J connectivity index is 1.50. The number of anilines is 1. The molecule has 1 N–H and O–H groups in total. The average Bonchev–Trinajstić information content (AvgIpc) is 3.27. The molecule has 0 radical (unpaired) electrons. The molecule has 4 aromatic carbocycles. The molecule has 0 saturated heterocycles. The molecule has 0 aromatic heterocycles. The Bertz CT molecular complexity index is 1610. The van der Waals surface area contributed by atoms with Crippen LogP contribution >= 0.6 is 23.4 Å². The van der Waals surface area contributed by atoms with Gasteiger partial charge in [-0.15, -0.1) is 23.4 Å². The minimum atomic E-state index is -0.426. The highest BCUT2D eigenvalue weighted by atomic mass is 35.5. The first-order valence-corrected chi connectivity index (χ1v) is 13.8. The standard InChI is InChI=1S/C29H24ClN3O5S/c1-38-23-14-17(32(34)35)13-20-26-21(15-25(27(26)30)39-24-12-5-4-11-22(24)33(36)37)28(31-29(20)23)19-10-6-8-16-7-2-3-9-18(16)19/h2-14,21,25-28,31H,15H2,1H3/t21-,25+,26+,27+,28+/m0/s1. The smallest absolute Gasteiger partial charge is 0.282 e. The van der Waals surface area contributed by atoms with Crippen molar-refractivity contribution in [2.75, 3.05) is 12.4 Å². The molecule has 8 nitrogen and oxygen atoms in total. The summed E-state index contributed by atoms with van der Waals surface area (Å²) in [4.78, 5) is 23.2. The van der Waals surface area contributed by atoms with Crippen LogP contribution in [0, 0.1) is 26.1 Å². The zero-order valence-corrected chi connectivity index (χ0v) is 22.4. The second kappa shape index (κ2) is 10.1. The van der Waals surface area contributed by atoms with Crippen molar-refractivity contribution in [3.8, 4) is 5.75 Å². The molecule has 4 aromatic rings. The summed E-state index contributed by atoms with van der Waals surface area (Å²) in [6, 6.07) is 23.9. The summed E-state index contributed by atoms with van der Waals surface area (Å²) in [5.41, 5.74) is 2.53. The average molecular weight is 562 g/mol. The molecule has 0 unspecified atom stereocenters. The number of alkyl halides is 1. The fraction of sp³-hybridized carbons (Fsp3) is 0.241. The number of rotatable bonds is 6. The van der Waals surface area contributed by atoms with Crippen LogP contribution in [0.3, 0.4) is 0 Å². The number of hydrogen-bond donors (Lipinski definition) is 1. The number of nitrogens with one attached hydrogen (secondary N) is 1. The zero-order valence-electron chi connectivity index (χ0n) is 20.8. The molecule has 0 amide bonds. The van der Waals surface area contributed by atoms with E-state index in [1.165, 1.54) is 31.0 Å². The molecule has 5 atom stereocenters. The molecule has 198 valence electrons. The maximum Gasteiger partial charge on any atom is 0.282 e. The number of benzene rings is 4. The van der Waals surface area contributed by atoms with E-state index in [-0.39, 0.29) is 39.4 Å². The van der Waals surface area contributed by atoms with Gasteiger partial charge in [-0.05, 0) is 40.3 Å². The lowest BCUT2D eigenvalue weighted by Crippen LogP contribution is -2.31. The van der Waals surface area contributed by atoms with Crippen molar-refractivity contribution in [3.63, 3.8) is 0 Å². The maximum absolute atomic E-state index is 11.8. The van der Waals surface area contributed by atoms with Gasteiger partial charge in [0.15, 0.2) is 0 Å². The number of nitrogens with zero attached hydrogens (tertiary/aromatic N) is 2. The molecular weight excluding hydrogens is 538 g/mol. The van der Waals surface area contributed by atoms with Crippen LogP contribution in [0.25, 0.3) is 10.8 Å². The second-order valence-corrected chi connectivity index (χ2v) is 11.6. The number of nitro benzene ring substituents is 2. The number of halogens is 1. The lowest BCUT2D eigenvalue weighted by Gasteiger charge is -2.39. The third-order valence-electron chi connectivity index (χ3n) is 7.80. The van der Waals surface area contributed by atoms with Gasteiger partial charge in [-0.1, -0.05) is 54.6 Å². The minimum Gasteiger partial charge on any atom is -0.494 e. The SMILES string of the molecule is COc1cc([N+](=O)[O-])cc2c1N[C@H](c1cccc3ccccc13)[C@H]1C[C@@H](Sc3ccccc3[N+](=O)[O-])[C@@H](Cl)[C@H]21. The molecule has 0 spiro atoms. The van der Waals surface area contributed by atoms with E-state index in [0.29, 0.717) is 22.8 Å². The van der Waals surface area contributed by atoms with E-state index in [1.807, 2.05) is 18.2 Å². The fourth-order valence-corrected chi connectivity index (χ4v) is 8.08. The van der Waals surface area contributed by atoms with Gasteiger partial charge in [0.25, 0.3) is 11.4 Å². The molecule has 1 aliphatic carbocycles. The van der Waals surface area contributed by atoms with Crippen molar-refractivity contribution in [1.82, 2.24) is 0 Å². The predicted octanol–water partition coefficient (Wildman–Crippen LogP) is 7.70. The number of fused-ring (bicyclic) bond motifs is 4. The Morgan fingerprint density at radius 2 is 1.69 bits per heavy atom. The predicted molar refractivity (Wildman–Crippen MR) is 153 cm³/mol. The first-order chi connectivity index (χ1) is 18.9. The summed E-state index contributed by atoms with van der Waals surface area (Å²) in [7, 11) is 1.50. The Kier molecular flexibility index (Phi) is 6.56. The summed E-state index contributed by atoms with van der Waals surface area (Å²) in [6.07, 6.45) is 0.668. The number of non-ortho nitro benzene ring substituents is 1. The summed E-state index contributed by atoms with van der Waals surface area (Å²) in [6.45, 7) is 0. The molecule has 39 heavy (non-hydrogen) atoms. The van der Waals surface area contributed by atoms with Gasteiger partial charge in [0.05, 0.1) is 45.0 Å². The Labute approximate surface area is 233 Å².